The molecule has 0 unspecified atom stereocenters. The van der Waals surface area contributed by atoms with Crippen LogP contribution in [-0.2, 0) is 0 Å². The summed E-state index contributed by atoms with van der Waals surface area (Å²) in [4.78, 5) is 39.5. The lowest BCUT2D eigenvalue weighted by molar-refractivity contribution is 0.0985. The number of rotatable bonds is 5. The molecule has 0 atom stereocenters. The van der Waals surface area contributed by atoms with Crippen LogP contribution in [0.4, 0.5) is 11.6 Å². The number of hydrogen-bond acceptors (Lipinski definition) is 5. The summed E-state index contributed by atoms with van der Waals surface area (Å²) in [5.41, 5.74) is 4.08. The third-order valence-electron chi connectivity index (χ3n) is 4.63. The van der Waals surface area contributed by atoms with E-state index in [2.05, 4.69) is 30.6 Å². The number of fused-ring (bicyclic) bond motifs is 1. The zero-order chi connectivity index (χ0) is 21.3. The standard InChI is InChI=1S/C21H20N6O3/c1-11-4-6-14(12(2)8-11)24-19(28)17-18(23-10-22-17)20(29)27-21-25-15-7-5-13(30-3)9-16(15)26-21/h4-10H,1-3H3,(H,22,23)(H,24,28)(H2,25,26,27,29). The number of carbonyl (C=O) groups excluding carboxylic acids is 2. The molecule has 0 fully saturated rings. The molecule has 4 N–H and O–H groups in total. The zero-order valence-corrected chi connectivity index (χ0v) is 16.7. The van der Waals surface area contributed by atoms with E-state index in [-0.39, 0.29) is 17.3 Å². The van der Waals surface area contributed by atoms with Gasteiger partial charge >= 0.3 is 0 Å². The van der Waals surface area contributed by atoms with Crippen molar-refractivity contribution < 1.29 is 14.3 Å². The molecule has 0 spiro atoms. The van der Waals surface area contributed by atoms with Crippen molar-refractivity contribution in [2.45, 2.75) is 13.8 Å². The smallest absolute Gasteiger partial charge is 0.276 e. The zero-order valence-electron chi connectivity index (χ0n) is 16.7. The fourth-order valence-corrected chi connectivity index (χ4v) is 3.12. The van der Waals surface area contributed by atoms with Crippen LogP contribution < -0.4 is 15.4 Å². The summed E-state index contributed by atoms with van der Waals surface area (Å²) < 4.78 is 5.18. The first-order valence-corrected chi connectivity index (χ1v) is 9.21. The van der Waals surface area contributed by atoms with Crippen LogP contribution in [0.25, 0.3) is 11.0 Å². The number of nitrogens with zero attached hydrogens (tertiary/aromatic N) is 2. The summed E-state index contributed by atoms with van der Waals surface area (Å²) in [6.45, 7) is 3.88. The Labute approximate surface area is 171 Å². The number of ether oxygens (including phenoxy) is 1. The fourth-order valence-electron chi connectivity index (χ4n) is 3.12. The van der Waals surface area contributed by atoms with E-state index in [9.17, 15) is 9.59 Å². The average Bonchev–Trinajstić information content (AvgIpc) is 3.36. The summed E-state index contributed by atoms with van der Waals surface area (Å²) >= 11 is 0. The summed E-state index contributed by atoms with van der Waals surface area (Å²) in [6, 6.07) is 11.0. The van der Waals surface area contributed by atoms with Crippen molar-refractivity contribution in [2.24, 2.45) is 0 Å². The van der Waals surface area contributed by atoms with E-state index in [4.69, 9.17) is 4.74 Å². The van der Waals surface area contributed by atoms with Crippen LogP contribution in [-0.4, -0.2) is 38.9 Å². The van der Waals surface area contributed by atoms with E-state index in [0.717, 1.165) is 11.1 Å². The number of aromatic nitrogens is 4. The maximum absolute atomic E-state index is 12.7. The first kappa shape index (κ1) is 19.2. The highest BCUT2D eigenvalue weighted by atomic mass is 16.5. The average molecular weight is 404 g/mol. The number of benzene rings is 2. The number of carbonyl (C=O) groups is 2. The van der Waals surface area contributed by atoms with Crippen molar-refractivity contribution in [3.05, 3.63) is 65.2 Å². The van der Waals surface area contributed by atoms with E-state index < -0.39 is 11.8 Å². The second-order valence-electron chi connectivity index (χ2n) is 6.82. The monoisotopic (exact) mass is 404 g/mol. The minimum Gasteiger partial charge on any atom is -0.497 e. The second kappa shape index (κ2) is 7.70. The van der Waals surface area contributed by atoms with Gasteiger partial charge in [-0.2, -0.15) is 0 Å². The van der Waals surface area contributed by atoms with Gasteiger partial charge in [0.1, 0.15) is 11.4 Å². The molecule has 0 aliphatic carbocycles. The molecule has 152 valence electrons. The molecule has 2 aromatic carbocycles. The molecule has 0 aliphatic heterocycles. The number of amides is 2. The van der Waals surface area contributed by atoms with Crippen LogP contribution in [0.15, 0.2) is 42.7 Å². The van der Waals surface area contributed by atoms with Gasteiger partial charge in [0.2, 0.25) is 5.95 Å². The quantitative estimate of drug-likeness (QED) is 0.406. The van der Waals surface area contributed by atoms with E-state index >= 15 is 0 Å². The molecule has 2 heterocycles. The number of aryl methyl sites for hydroxylation is 2. The maximum Gasteiger partial charge on any atom is 0.276 e. The highest BCUT2D eigenvalue weighted by molar-refractivity contribution is 6.13. The van der Waals surface area contributed by atoms with Crippen molar-refractivity contribution in [3.63, 3.8) is 0 Å². The Balaban J connectivity index is 1.53. The summed E-state index contributed by atoms with van der Waals surface area (Å²) in [6.07, 6.45) is 1.30. The third-order valence-corrected chi connectivity index (χ3v) is 4.63. The first-order valence-electron chi connectivity index (χ1n) is 9.21. The van der Waals surface area contributed by atoms with Crippen molar-refractivity contribution in [1.82, 2.24) is 19.9 Å². The minimum atomic E-state index is -0.538. The van der Waals surface area contributed by atoms with Crippen molar-refractivity contribution >= 4 is 34.5 Å². The lowest BCUT2D eigenvalue weighted by Crippen LogP contribution is -2.21. The van der Waals surface area contributed by atoms with Gasteiger partial charge < -0.3 is 20.0 Å². The molecule has 0 bridgehead atoms. The Hall–Kier alpha value is -4.14. The van der Waals surface area contributed by atoms with Crippen LogP contribution in [0.2, 0.25) is 0 Å². The molecule has 2 amide bonds. The van der Waals surface area contributed by atoms with Crippen LogP contribution in [0.3, 0.4) is 0 Å². The number of anilines is 2. The van der Waals surface area contributed by atoms with Crippen molar-refractivity contribution in [3.8, 4) is 5.75 Å². The van der Waals surface area contributed by atoms with E-state index in [1.807, 2.05) is 32.0 Å². The first-order chi connectivity index (χ1) is 14.4. The third kappa shape index (κ3) is 3.72. The molecule has 30 heavy (non-hydrogen) atoms. The summed E-state index contributed by atoms with van der Waals surface area (Å²) in [7, 11) is 1.57. The van der Waals surface area contributed by atoms with Gasteiger partial charge in [-0.1, -0.05) is 17.7 Å². The van der Waals surface area contributed by atoms with E-state index in [0.29, 0.717) is 22.5 Å². The molecule has 0 saturated heterocycles. The van der Waals surface area contributed by atoms with Crippen molar-refractivity contribution in [2.75, 3.05) is 17.7 Å². The number of H-pyrrole nitrogens is 2. The van der Waals surface area contributed by atoms with Crippen LogP contribution in [0.1, 0.15) is 32.1 Å². The Kier molecular flexibility index (Phi) is 4.93. The predicted molar refractivity (Wildman–Crippen MR) is 113 cm³/mol. The number of nitrogens with one attached hydrogen (secondary N) is 4. The number of imidazole rings is 2. The van der Waals surface area contributed by atoms with E-state index in [1.54, 1.807) is 25.3 Å². The maximum atomic E-state index is 12.7. The molecular formula is C21H20N6O3. The molecule has 0 saturated carbocycles. The molecule has 0 radical (unpaired) electrons. The van der Waals surface area contributed by atoms with Gasteiger partial charge in [-0.25, -0.2) is 9.97 Å². The van der Waals surface area contributed by atoms with Gasteiger partial charge in [-0.3, -0.25) is 14.9 Å². The van der Waals surface area contributed by atoms with E-state index in [1.165, 1.54) is 6.33 Å². The summed E-state index contributed by atoms with van der Waals surface area (Å²) in [5, 5.41) is 5.45. The van der Waals surface area contributed by atoms with Gasteiger partial charge in [0.15, 0.2) is 5.69 Å². The SMILES string of the molecule is COc1ccc2nc(NC(=O)c3[nH]cnc3C(=O)Nc3ccc(C)cc3C)[nH]c2c1. The molecule has 0 aliphatic rings. The van der Waals surface area contributed by atoms with Gasteiger partial charge in [-0.15, -0.1) is 0 Å². The highest BCUT2D eigenvalue weighted by Gasteiger charge is 2.22. The topological polar surface area (TPSA) is 125 Å². The van der Waals surface area contributed by atoms with Crippen LogP contribution >= 0.6 is 0 Å². The van der Waals surface area contributed by atoms with Crippen LogP contribution in [0.5, 0.6) is 5.75 Å². The normalized spacial score (nSPS) is 10.8. The van der Waals surface area contributed by atoms with Gasteiger partial charge in [0.25, 0.3) is 11.8 Å². The molecule has 9 heteroatoms. The predicted octanol–water partition coefficient (Wildman–Crippen LogP) is 3.42. The Bertz CT molecular complexity index is 1260. The van der Waals surface area contributed by atoms with Crippen LogP contribution in [0, 0.1) is 13.8 Å². The number of methoxy groups -OCH3 is 1. The van der Waals surface area contributed by atoms with Gasteiger partial charge in [0, 0.05) is 11.8 Å². The van der Waals surface area contributed by atoms with Crippen molar-refractivity contribution in [1.29, 1.82) is 0 Å². The molecule has 2 aromatic heterocycles. The molecule has 4 rings (SSSR count). The van der Waals surface area contributed by atoms with Gasteiger partial charge in [-0.05, 0) is 37.6 Å². The Morgan fingerprint density at radius 1 is 1.03 bits per heavy atom. The largest absolute Gasteiger partial charge is 0.497 e. The van der Waals surface area contributed by atoms with Gasteiger partial charge in [0.05, 0.1) is 24.5 Å². The highest BCUT2D eigenvalue weighted by Crippen LogP contribution is 2.21. The summed E-state index contributed by atoms with van der Waals surface area (Å²) in [5.74, 6) is -0.103. The molecule has 9 nitrogen and oxygen atoms in total. The second-order valence-corrected chi connectivity index (χ2v) is 6.82. The molecule has 4 aromatic rings. The number of aromatic amines is 2. The Morgan fingerprint density at radius 2 is 1.87 bits per heavy atom. The fraction of sp³-hybridized carbons (Fsp3) is 0.143. The lowest BCUT2D eigenvalue weighted by atomic mass is 10.1. The Morgan fingerprint density at radius 3 is 2.63 bits per heavy atom. The lowest BCUT2D eigenvalue weighted by Gasteiger charge is -2.09. The minimum absolute atomic E-state index is 0.00902. The molecular weight excluding hydrogens is 384 g/mol. The number of hydrogen-bond donors (Lipinski definition) is 4.